The molecule has 28 heavy (non-hydrogen) atoms. The van der Waals surface area contributed by atoms with E-state index in [1.54, 1.807) is 19.1 Å². The van der Waals surface area contributed by atoms with Crippen LogP contribution >= 0.6 is 12.2 Å². The van der Waals surface area contributed by atoms with E-state index in [1.165, 1.54) is 16.6 Å². The van der Waals surface area contributed by atoms with Crippen LogP contribution in [0.25, 0.3) is 0 Å². The van der Waals surface area contributed by atoms with E-state index in [9.17, 15) is 14.7 Å². The molecule has 2 aliphatic rings. The summed E-state index contributed by atoms with van der Waals surface area (Å²) in [6.07, 6.45) is 0.512. The molecule has 3 heterocycles. The van der Waals surface area contributed by atoms with Gasteiger partial charge in [-0.2, -0.15) is 5.10 Å². The Hall–Kier alpha value is -3.14. The van der Waals surface area contributed by atoms with Crippen molar-refractivity contribution < 1.29 is 19.4 Å². The van der Waals surface area contributed by atoms with E-state index >= 15 is 0 Å². The Morgan fingerprint density at radius 1 is 1.39 bits per heavy atom. The lowest BCUT2D eigenvalue weighted by molar-refractivity contribution is -0.132. The monoisotopic (exact) mass is 402 g/mol. The van der Waals surface area contributed by atoms with Crippen LogP contribution in [0.2, 0.25) is 0 Å². The van der Waals surface area contributed by atoms with Crippen LogP contribution in [0.5, 0.6) is 17.4 Å². The largest absolute Gasteiger partial charge is 0.494 e. The number of hydrazone groups is 1. The Bertz CT molecular complexity index is 1120. The number of nitrogens with zero attached hydrogens (tertiary/aromatic N) is 3. The topological polar surface area (TPSA) is 109 Å². The Morgan fingerprint density at radius 3 is 2.89 bits per heavy atom. The molecule has 146 valence electrons. The highest BCUT2D eigenvalue weighted by Crippen LogP contribution is 2.39. The summed E-state index contributed by atoms with van der Waals surface area (Å²) in [6.45, 7) is 1.89. The smallest absolute Gasteiger partial charge is 0.264 e. The van der Waals surface area contributed by atoms with Gasteiger partial charge in [0.1, 0.15) is 5.56 Å². The molecule has 9 nitrogen and oxygen atoms in total. The molecule has 0 unspecified atom stereocenters. The quantitative estimate of drug-likeness (QED) is 0.760. The number of carbonyl (C=O) groups is 1. The van der Waals surface area contributed by atoms with E-state index in [4.69, 9.17) is 21.7 Å². The van der Waals surface area contributed by atoms with Crippen molar-refractivity contribution in [3.05, 3.63) is 44.5 Å². The van der Waals surface area contributed by atoms with Crippen LogP contribution in [-0.2, 0) is 11.8 Å². The Kier molecular flexibility index (Phi) is 4.42. The number of hydrogen-bond donors (Lipinski definition) is 2. The summed E-state index contributed by atoms with van der Waals surface area (Å²) in [5.41, 5.74) is 0.571. The van der Waals surface area contributed by atoms with E-state index in [-0.39, 0.29) is 41.8 Å². The molecule has 2 aromatic rings. The maximum atomic E-state index is 12.5. The molecule has 0 radical (unpaired) electrons. The van der Waals surface area contributed by atoms with Gasteiger partial charge in [0.2, 0.25) is 18.6 Å². The van der Waals surface area contributed by atoms with Gasteiger partial charge in [0.25, 0.3) is 5.56 Å². The van der Waals surface area contributed by atoms with Gasteiger partial charge in [0.05, 0.1) is 11.8 Å². The third-order valence-corrected chi connectivity index (χ3v) is 5.21. The summed E-state index contributed by atoms with van der Waals surface area (Å²) >= 11 is 5.01. The molecule has 1 amide bonds. The first-order valence-electron chi connectivity index (χ1n) is 8.72. The molecule has 0 bridgehead atoms. The Morgan fingerprint density at radius 2 is 2.14 bits per heavy atom. The molecular formula is C18H18N4O5S. The number of carbonyl (C=O) groups excluding carboxylic acids is 1. The molecule has 10 heteroatoms. The zero-order valence-electron chi connectivity index (χ0n) is 15.3. The second-order valence-corrected chi connectivity index (χ2v) is 6.87. The van der Waals surface area contributed by atoms with Crippen molar-refractivity contribution in [1.29, 1.82) is 0 Å². The fourth-order valence-electron chi connectivity index (χ4n) is 3.30. The summed E-state index contributed by atoms with van der Waals surface area (Å²) in [6, 6.07) is 4.99. The Labute approximate surface area is 164 Å². The maximum absolute atomic E-state index is 12.5. The first-order valence-corrected chi connectivity index (χ1v) is 9.13. The normalized spacial score (nSPS) is 17.7. The highest BCUT2D eigenvalue weighted by Gasteiger charge is 2.35. The minimum absolute atomic E-state index is 0.00764. The molecule has 1 aromatic heterocycles. The number of H-pyrrole nitrogens is 1. The average Bonchev–Trinajstić information content (AvgIpc) is 3.32. The molecule has 0 aliphatic carbocycles. The number of aromatic hydroxyl groups is 1. The predicted octanol–water partition coefficient (Wildman–Crippen LogP) is 1.96. The van der Waals surface area contributed by atoms with E-state index in [0.29, 0.717) is 17.2 Å². The zero-order valence-corrected chi connectivity index (χ0v) is 16.1. The van der Waals surface area contributed by atoms with Gasteiger partial charge in [-0.15, -0.1) is 0 Å². The lowest BCUT2D eigenvalue weighted by atomic mass is 9.98. The second kappa shape index (κ2) is 6.79. The van der Waals surface area contributed by atoms with Crippen molar-refractivity contribution in [2.24, 2.45) is 12.1 Å². The lowest BCUT2D eigenvalue weighted by Gasteiger charge is -2.21. The number of amides is 1. The first kappa shape index (κ1) is 18.2. The van der Waals surface area contributed by atoms with Gasteiger partial charge in [0.15, 0.2) is 16.3 Å². The minimum Gasteiger partial charge on any atom is -0.494 e. The molecule has 4 rings (SSSR count). The van der Waals surface area contributed by atoms with Crippen LogP contribution in [-0.4, -0.2) is 38.1 Å². The molecule has 0 saturated heterocycles. The van der Waals surface area contributed by atoms with Crippen LogP contribution in [0.3, 0.4) is 0 Å². The highest BCUT2D eigenvalue weighted by atomic mass is 32.1. The molecule has 2 N–H and O–H groups in total. The maximum Gasteiger partial charge on any atom is 0.264 e. The van der Waals surface area contributed by atoms with Crippen molar-refractivity contribution in [3.63, 3.8) is 0 Å². The first-order chi connectivity index (χ1) is 13.4. The van der Waals surface area contributed by atoms with Gasteiger partial charge in [0, 0.05) is 19.9 Å². The van der Waals surface area contributed by atoms with E-state index < -0.39 is 11.6 Å². The SMILES string of the molecule is CCC(=O)N1N=C(c2c(O)n(C)c(=S)[nH]c2=O)C[C@@H]1c1ccc2c(c1)OCO2. The predicted molar refractivity (Wildman–Crippen MR) is 102 cm³/mol. The van der Waals surface area contributed by atoms with Gasteiger partial charge >= 0.3 is 0 Å². The molecule has 2 aliphatic heterocycles. The van der Waals surface area contributed by atoms with Crippen LogP contribution in [0.4, 0.5) is 0 Å². The van der Waals surface area contributed by atoms with E-state index in [1.807, 2.05) is 6.07 Å². The molecule has 1 atom stereocenters. The van der Waals surface area contributed by atoms with E-state index in [0.717, 1.165) is 5.56 Å². The summed E-state index contributed by atoms with van der Waals surface area (Å²) in [5, 5.41) is 16.2. The number of fused-ring (bicyclic) bond motifs is 1. The molecule has 0 spiro atoms. The number of benzene rings is 1. The third-order valence-electron chi connectivity index (χ3n) is 4.83. The summed E-state index contributed by atoms with van der Waals surface area (Å²) in [4.78, 5) is 27.4. The number of aromatic nitrogens is 2. The Balaban J connectivity index is 1.78. The van der Waals surface area contributed by atoms with Crippen molar-refractivity contribution in [2.75, 3.05) is 6.79 Å². The summed E-state index contributed by atoms with van der Waals surface area (Å²) in [5.74, 6) is 0.747. The second-order valence-electron chi connectivity index (χ2n) is 6.49. The number of ether oxygens (including phenoxy) is 2. The van der Waals surface area contributed by atoms with Crippen molar-refractivity contribution in [2.45, 2.75) is 25.8 Å². The lowest BCUT2D eigenvalue weighted by Crippen LogP contribution is -2.26. The minimum atomic E-state index is -0.547. The van der Waals surface area contributed by atoms with Gasteiger partial charge < -0.3 is 14.6 Å². The molecular weight excluding hydrogens is 384 g/mol. The van der Waals surface area contributed by atoms with Crippen molar-refractivity contribution >= 4 is 23.8 Å². The van der Waals surface area contributed by atoms with Crippen LogP contribution in [0.1, 0.15) is 36.9 Å². The van der Waals surface area contributed by atoms with Gasteiger partial charge in [-0.25, -0.2) is 5.01 Å². The fraction of sp³-hybridized carbons (Fsp3) is 0.333. The third kappa shape index (κ3) is 2.85. The standard InChI is InChI=1S/C18H18N4O5S/c1-3-14(23)22-11(9-4-5-12-13(6-9)27-8-26-12)7-10(20-22)15-16(24)19-18(28)21(2)17(15)25/h4-6,11,25H,3,7-8H2,1-2H3,(H,19,24,28)/t11-/m1/s1. The summed E-state index contributed by atoms with van der Waals surface area (Å²) < 4.78 is 12.1. The van der Waals surface area contributed by atoms with Crippen LogP contribution in [0, 0.1) is 4.77 Å². The van der Waals surface area contributed by atoms with Crippen molar-refractivity contribution in [3.8, 4) is 17.4 Å². The van der Waals surface area contributed by atoms with Crippen molar-refractivity contribution in [1.82, 2.24) is 14.6 Å². The van der Waals surface area contributed by atoms with Gasteiger partial charge in [-0.3, -0.25) is 19.1 Å². The number of nitrogens with one attached hydrogen (secondary N) is 1. The number of aromatic amines is 1. The molecule has 1 aromatic carbocycles. The van der Waals surface area contributed by atoms with E-state index in [2.05, 4.69) is 10.1 Å². The van der Waals surface area contributed by atoms with Gasteiger partial charge in [-0.05, 0) is 29.9 Å². The number of hydrogen-bond acceptors (Lipinski definition) is 7. The summed E-state index contributed by atoms with van der Waals surface area (Å²) in [7, 11) is 1.54. The molecule has 0 fully saturated rings. The average molecular weight is 402 g/mol. The van der Waals surface area contributed by atoms with Crippen LogP contribution < -0.4 is 15.0 Å². The fourth-order valence-corrected chi connectivity index (χ4v) is 3.48. The molecule has 0 saturated carbocycles. The number of rotatable bonds is 3. The van der Waals surface area contributed by atoms with Gasteiger partial charge in [-0.1, -0.05) is 13.0 Å². The van der Waals surface area contributed by atoms with Crippen LogP contribution in [0.15, 0.2) is 28.1 Å². The zero-order chi connectivity index (χ0) is 20.0. The highest BCUT2D eigenvalue weighted by molar-refractivity contribution is 7.71.